The van der Waals surface area contributed by atoms with Gasteiger partial charge in [0.05, 0.1) is 18.0 Å². The molecule has 12 heavy (non-hydrogen) atoms. The number of halogens is 1. The minimum atomic E-state index is 1.04. The molecule has 0 aliphatic rings. The van der Waals surface area contributed by atoms with Crippen molar-refractivity contribution in [2.24, 2.45) is 0 Å². The fraction of sp³-hybridized carbons (Fsp3) is 0.222. The highest BCUT2D eigenvalue weighted by Crippen LogP contribution is 2.17. The van der Waals surface area contributed by atoms with E-state index < -0.39 is 0 Å². The Morgan fingerprint density at radius 3 is 3.17 bits per heavy atom. The first-order valence-electron chi connectivity index (χ1n) is 3.91. The molecule has 0 spiro atoms. The van der Waals surface area contributed by atoms with Crippen LogP contribution in [0.25, 0.3) is 5.52 Å². The molecule has 0 atom stereocenters. The summed E-state index contributed by atoms with van der Waals surface area (Å²) in [5.41, 5.74) is 2.52. The molecule has 2 rings (SSSR count). The second-order valence-electron chi connectivity index (χ2n) is 2.72. The third-order valence-electron chi connectivity index (χ3n) is 1.95. The van der Waals surface area contributed by atoms with E-state index in [0.717, 1.165) is 10.9 Å². The highest BCUT2D eigenvalue weighted by atomic mass is 79.9. The topological polar surface area (TPSA) is 17.3 Å². The molecule has 62 valence electrons. The van der Waals surface area contributed by atoms with Gasteiger partial charge in [-0.3, -0.25) is 0 Å². The lowest BCUT2D eigenvalue weighted by Gasteiger charge is -2.01. The predicted molar refractivity (Wildman–Crippen MR) is 52.3 cm³/mol. The molecule has 3 heteroatoms. The molecule has 0 amide bonds. The summed E-state index contributed by atoms with van der Waals surface area (Å²) in [5.74, 6) is 0. The summed E-state index contributed by atoms with van der Waals surface area (Å²) < 4.78 is 3.13. The maximum absolute atomic E-state index is 4.09. The monoisotopic (exact) mass is 224 g/mol. The molecule has 2 aromatic rings. The third kappa shape index (κ3) is 1.14. The van der Waals surface area contributed by atoms with E-state index in [0.29, 0.717) is 0 Å². The minimum Gasteiger partial charge on any atom is -0.305 e. The zero-order valence-corrected chi connectivity index (χ0v) is 8.37. The molecule has 0 unspecified atom stereocenters. The molecule has 0 bridgehead atoms. The number of rotatable bonds is 1. The molecule has 0 aliphatic heterocycles. The van der Waals surface area contributed by atoms with Gasteiger partial charge in [-0.25, -0.2) is 4.98 Å². The van der Waals surface area contributed by atoms with Gasteiger partial charge in [-0.2, -0.15) is 0 Å². The Bertz CT molecular complexity index is 406. The quantitative estimate of drug-likeness (QED) is 0.729. The first-order valence-corrected chi connectivity index (χ1v) is 4.70. The van der Waals surface area contributed by atoms with Crippen molar-refractivity contribution in [2.75, 3.05) is 0 Å². The van der Waals surface area contributed by atoms with Gasteiger partial charge >= 0.3 is 0 Å². The van der Waals surface area contributed by atoms with Crippen LogP contribution >= 0.6 is 15.9 Å². The molecule has 0 saturated carbocycles. The highest BCUT2D eigenvalue weighted by Gasteiger charge is 2.00. The maximum atomic E-state index is 4.09. The summed E-state index contributed by atoms with van der Waals surface area (Å²) in [6.07, 6.45) is 6.76. The van der Waals surface area contributed by atoms with E-state index in [4.69, 9.17) is 0 Å². The molecule has 2 aromatic heterocycles. The van der Waals surface area contributed by atoms with E-state index in [2.05, 4.69) is 33.9 Å². The average Bonchev–Trinajstić information content (AvgIpc) is 2.50. The van der Waals surface area contributed by atoms with Gasteiger partial charge in [-0.1, -0.05) is 6.92 Å². The fourth-order valence-corrected chi connectivity index (χ4v) is 1.85. The lowest BCUT2D eigenvalue weighted by Crippen LogP contribution is -1.88. The number of aryl methyl sites for hydroxylation is 1. The Kier molecular flexibility index (Phi) is 1.89. The molecule has 0 saturated heterocycles. The molecule has 0 N–H and O–H groups in total. The van der Waals surface area contributed by atoms with Crippen LogP contribution in [0.3, 0.4) is 0 Å². The Morgan fingerprint density at radius 1 is 1.58 bits per heavy atom. The van der Waals surface area contributed by atoms with Crippen molar-refractivity contribution < 1.29 is 0 Å². The summed E-state index contributed by atoms with van der Waals surface area (Å²) in [7, 11) is 0. The number of nitrogens with zero attached hydrogens (tertiary/aromatic N) is 2. The van der Waals surface area contributed by atoms with Gasteiger partial charge < -0.3 is 4.40 Å². The fourth-order valence-electron chi connectivity index (χ4n) is 1.35. The molecule has 2 heterocycles. The molecule has 0 aromatic carbocycles. The molecular weight excluding hydrogens is 216 g/mol. The number of hydrogen-bond donors (Lipinski definition) is 0. The SMILES string of the molecule is CCc1cc(Br)cn2cncc12. The van der Waals surface area contributed by atoms with Crippen molar-refractivity contribution >= 4 is 21.4 Å². The normalized spacial score (nSPS) is 10.8. The van der Waals surface area contributed by atoms with Gasteiger partial charge in [-0.05, 0) is 34.0 Å². The van der Waals surface area contributed by atoms with E-state index in [-0.39, 0.29) is 0 Å². The van der Waals surface area contributed by atoms with Crippen LogP contribution in [-0.4, -0.2) is 9.38 Å². The lowest BCUT2D eigenvalue weighted by atomic mass is 10.2. The standard InChI is InChI=1S/C9H9BrN2/c1-2-7-3-8(10)5-12-6-11-4-9(7)12/h3-6H,2H2,1H3. The number of aromatic nitrogens is 2. The van der Waals surface area contributed by atoms with Crippen LogP contribution in [0.4, 0.5) is 0 Å². The summed E-state index contributed by atoms with van der Waals surface area (Å²) in [4.78, 5) is 4.09. The van der Waals surface area contributed by atoms with Gasteiger partial charge in [0, 0.05) is 10.7 Å². The Labute approximate surface area is 79.4 Å². The molecule has 0 fully saturated rings. The van der Waals surface area contributed by atoms with Gasteiger partial charge in [0.15, 0.2) is 0 Å². The van der Waals surface area contributed by atoms with Gasteiger partial charge in [-0.15, -0.1) is 0 Å². The second-order valence-corrected chi connectivity index (χ2v) is 3.64. The van der Waals surface area contributed by atoms with Crippen molar-refractivity contribution in [1.82, 2.24) is 9.38 Å². The largest absolute Gasteiger partial charge is 0.305 e. The number of hydrogen-bond acceptors (Lipinski definition) is 1. The minimum absolute atomic E-state index is 1.04. The van der Waals surface area contributed by atoms with Crippen LogP contribution in [0.2, 0.25) is 0 Å². The van der Waals surface area contributed by atoms with Crippen LogP contribution in [0.15, 0.2) is 29.3 Å². The first kappa shape index (κ1) is 7.80. The second kappa shape index (κ2) is 2.90. The van der Waals surface area contributed by atoms with Crippen molar-refractivity contribution in [3.63, 3.8) is 0 Å². The van der Waals surface area contributed by atoms with E-state index in [1.165, 1.54) is 11.1 Å². The average molecular weight is 225 g/mol. The predicted octanol–water partition coefficient (Wildman–Crippen LogP) is 2.66. The molecule has 0 radical (unpaired) electrons. The van der Waals surface area contributed by atoms with Crippen molar-refractivity contribution in [2.45, 2.75) is 13.3 Å². The zero-order chi connectivity index (χ0) is 8.55. The van der Waals surface area contributed by atoms with E-state index in [1.807, 2.05) is 23.1 Å². The Hall–Kier alpha value is -0.830. The van der Waals surface area contributed by atoms with Gasteiger partial charge in [0.1, 0.15) is 0 Å². The van der Waals surface area contributed by atoms with Crippen LogP contribution in [0, 0.1) is 0 Å². The van der Waals surface area contributed by atoms with E-state index in [1.54, 1.807) is 0 Å². The number of imidazole rings is 1. The van der Waals surface area contributed by atoms with Crippen molar-refractivity contribution in [3.05, 3.63) is 34.8 Å². The summed E-state index contributed by atoms with van der Waals surface area (Å²) in [5, 5.41) is 0. The van der Waals surface area contributed by atoms with Crippen molar-refractivity contribution in [3.8, 4) is 0 Å². The zero-order valence-electron chi connectivity index (χ0n) is 6.79. The molecule has 0 aliphatic carbocycles. The van der Waals surface area contributed by atoms with Crippen LogP contribution < -0.4 is 0 Å². The van der Waals surface area contributed by atoms with Crippen LogP contribution in [-0.2, 0) is 6.42 Å². The van der Waals surface area contributed by atoms with Crippen LogP contribution in [0.5, 0.6) is 0 Å². The first-order chi connectivity index (χ1) is 5.81. The lowest BCUT2D eigenvalue weighted by molar-refractivity contribution is 1.08. The van der Waals surface area contributed by atoms with E-state index >= 15 is 0 Å². The summed E-state index contributed by atoms with van der Waals surface area (Å²) in [6.45, 7) is 2.15. The smallest absolute Gasteiger partial charge is 0.0992 e. The number of pyridine rings is 1. The molecular formula is C9H9BrN2. The van der Waals surface area contributed by atoms with Gasteiger partial charge in [0.25, 0.3) is 0 Å². The highest BCUT2D eigenvalue weighted by molar-refractivity contribution is 9.10. The molecule has 2 nitrogen and oxygen atoms in total. The Balaban J connectivity index is 2.80. The summed E-state index contributed by atoms with van der Waals surface area (Å²) >= 11 is 3.46. The third-order valence-corrected chi connectivity index (χ3v) is 2.38. The van der Waals surface area contributed by atoms with Crippen molar-refractivity contribution in [1.29, 1.82) is 0 Å². The summed E-state index contributed by atoms with van der Waals surface area (Å²) in [6, 6.07) is 2.14. The maximum Gasteiger partial charge on any atom is 0.0992 e. The van der Waals surface area contributed by atoms with Gasteiger partial charge in [0.2, 0.25) is 0 Å². The Morgan fingerprint density at radius 2 is 2.42 bits per heavy atom. The van der Waals surface area contributed by atoms with Crippen LogP contribution in [0.1, 0.15) is 12.5 Å². The number of fused-ring (bicyclic) bond motifs is 1. The van der Waals surface area contributed by atoms with E-state index in [9.17, 15) is 0 Å².